The van der Waals surface area contributed by atoms with Crippen LogP contribution in [0.2, 0.25) is 0 Å². The minimum Gasteiger partial charge on any atom is -0.482 e. The number of hydrogen-bond acceptors (Lipinski definition) is 6. The number of carbonyl (C=O) groups is 4. The van der Waals surface area contributed by atoms with Crippen molar-refractivity contribution in [2.75, 3.05) is 23.8 Å². The first-order valence-electron chi connectivity index (χ1n) is 15.7. The first kappa shape index (κ1) is 30.3. The molecule has 10 heteroatoms. The van der Waals surface area contributed by atoms with E-state index in [2.05, 4.69) is 16.0 Å². The Kier molecular flexibility index (Phi) is 9.11. The molecule has 0 atom stereocenters. The van der Waals surface area contributed by atoms with Gasteiger partial charge < -0.3 is 31.3 Å². The van der Waals surface area contributed by atoms with E-state index in [4.69, 9.17) is 10.5 Å². The SMILES string of the molecule is NC1CCC(CCNC(=O)c2ccc(NC(=O)c3ccc(CN(C(=O)c4ccc5c(c4)OCC(=O)N5)C4CC4)cc3)cc2)CC1. The highest BCUT2D eigenvalue weighted by Gasteiger charge is 2.33. The van der Waals surface area contributed by atoms with Gasteiger partial charge in [0.05, 0.1) is 5.69 Å². The number of rotatable bonds is 10. The molecule has 3 aromatic rings. The van der Waals surface area contributed by atoms with Crippen LogP contribution in [-0.4, -0.2) is 53.8 Å². The van der Waals surface area contributed by atoms with Crippen LogP contribution in [0.15, 0.2) is 66.7 Å². The van der Waals surface area contributed by atoms with Crippen LogP contribution in [0, 0.1) is 5.92 Å². The Morgan fingerprint density at radius 2 is 1.51 bits per heavy atom. The van der Waals surface area contributed by atoms with Crippen LogP contribution in [-0.2, 0) is 11.3 Å². The molecule has 0 spiro atoms. The molecule has 2 saturated carbocycles. The summed E-state index contributed by atoms with van der Waals surface area (Å²) in [6.45, 7) is 0.985. The third-order valence-corrected chi connectivity index (χ3v) is 8.81. The minimum absolute atomic E-state index is 0.0729. The molecule has 0 saturated heterocycles. The van der Waals surface area contributed by atoms with Crippen molar-refractivity contribution in [3.05, 3.63) is 89.0 Å². The monoisotopic (exact) mass is 609 g/mol. The molecule has 45 heavy (non-hydrogen) atoms. The molecule has 0 radical (unpaired) electrons. The van der Waals surface area contributed by atoms with Crippen molar-refractivity contribution in [1.29, 1.82) is 0 Å². The van der Waals surface area contributed by atoms with Gasteiger partial charge in [0.15, 0.2) is 6.61 Å². The molecule has 1 heterocycles. The summed E-state index contributed by atoms with van der Waals surface area (Å²) in [4.78, 5) is 52.4. The zero-order valence-electron chi connectivity index (χ0n) is 25.2. The number of ether oxygens (including phenoxy) is 1. The van der Waals surface area contributed by atoms with E-state index in [1.807, 2.05) is 17.0 Å². The average molecular weight is 610 g/mol. The van der Waals surface area contributed by atoms with E-state index in [9.17, 15) is 19.2 Å². The van der Waals surface area contributed by atoms with Crippen LogP contribution >= 0.6 is 0 Å². The highest BCUT2D eigenvalue weighted by atomic mass is 16.5. The molecule has 2 aliphatic carbocycles. The third kappa shape index (κ3) is 7.69. The lowest BCUT2D eigenvalue weighted by Gasteiger charge is -2.25. The largest absolute Gasteiger partial charge is 0.482 e. The van der Waals surface area contributed by atoms with Crippen LogP contribution < -0.4 is 26.4 Å². The lowest BCUT2D eigenvalue weighted by molar-refractivity contribution is -0.118. The maximum Gasteiger partial charge on any atom is 0.262 e. The van der Waals surface area contributed by atoms with Crippen molar-refractivity contribution in [2.45, 2.75) is 63.6 Å². The highest BCUT2D eigenvalue weighted by Crippen LogP contribution is 2.33. The number of amides is 4. The van der Waals surface area contributed by atoms with Gasteiger partial charge in [-0.05, 0) is 111 Å². The minimum atomic E-state index is -0.262. The molecule has 0 aromatic heterocycles. The van der Waals surface area contributed by atoms with Crippen LogP contribution in [0.3, 0.4) is 0 Å². The zero-order chi connectivity index (χ0) is 31.3. The van der Waals surface area contributed by atoms with Crippen LogP contribution in [0.25, 0.3) is 0 Å². The maximum atomic E-state index is 13.4. The zero-order valence-corrected chi connectivity index (χ0v) is 25.2. The highest BCUT2D eigenvalue weighted by molar-refractivity contribution is 6.04. The van der Waals surface area contributed by atoms with E-state index in [1.54, 1.807) is 54.6 Å². The molecule has 1 aliphatic heterocycles. The van der Waals surface area contributed by atoms with Crippen molar-refractivity contribution < 1.29 is 23.9 Å². The fraction of sp³-hybridized carbons (Fsp3) is 0.371. The van der Waals surface area contributed by atoms with E-state index in [-0.39, 0.29) is 36.3 Å². The Morgan fingerprint density at radius 3 is 2.22 bits per heavy atom. The number of hydrogen-bond donors (Lipinski definition) is 4. The molecular formula is C35H39N5O5. The lowest BCUT2D eigenvalue weighted by atomic mass is 9.84. The summed E-state index contributed by atoms with van der Waals surface area (Å²) in [6, 6.07) is 19.6. The molecule has 3 aliphatic rings. The summed E-state index contributed by atoms with van der Waals surface area (Å²) in [5.74, 6) is 0.405. The van der Waals surface area contributed by atoms with E-state index >= 15 is 0 Å². The number of carbonyl (C=O) groups excluding carboxylic acids is 4. The number of nitrogens with zero attached hydrogens (tertiary/aromatic N) is 1. The van der Waals surface area contributed by atoms with E-state index < -0.39 is 0 Å². The van der Waals surface area contributed by atoms with Crippen molar-refractivity contribution in [3.8, 4) is 5.75 Å². The van der Waals surface area contributed by atoms with Gasteiger partial charge in [-0.1, -0.05) is 12.1 Å². The molecule has 6 rings (SSSR count). The molecule has 234 valence electrons. The Labute approximate surface area is 262 Å². The molecule has 3 aromatic carbocycles. The maximum absolute atomic E-state index is 13.4. The van der Waals surface area contributed by atoms with Crippen molar-refractivity contribution >= 4 is 35.0 Å². The first-order chi connectivity index (χ1) is 21.8. The summed E-state index contributed by atoms with van der Waals surface area (Å²) in [5, 5.41) is 8.63. The van der Waals surface area contributed by atoms with Crippen molar-refractivity contribution in [2.24, 2.45) is 11.7 Å². The summed E-state index contributed by atoms with van der Waals surface area (Å²) < 4.78 is 5.49. The van der Waals surface area contributed by atoms with Crippen LogP contribution in [0.4, 0.5) is 11.4 Å². The fourth-order valence-electron chi connectivity index (χ4n) is 5.96. The summed E-state index contributed by atoms with van der Waals surface area (Å²) >= 11 is 0. The Bertz CT molecular complexity index is 1560. The molecule has 5 N–H and O–H groups in total. The van der Waals surface area contributed by atoms with Gasteiger partial charge in [0.1, 0.15) is 5.75 Å². The molecule has 0 bridgehead atoms. The van der Waals surface area contributed by atoms with Crippen molar-refractivity contribution in [3.63, 3.8) is 0 Å². The molecule has 2 fully saturated rings. The van der Waals surface area contributed by atoms with E-state index in [0.29, 0.717) is 58.9 Å². The average Bonchev–Trinajstić information content (AvgIpc) is 3.90. The summed E-state index contributed by atoms with van der Waals surface area (Å²) in [6.07, 6.45) is 7.23. The number of anilines is 2. The van der Waals surface area contributed by atoms with Gasteiger partial charge in [0, 0.05) is 47.6 Å². The van der Waals surface area contributed by atoms with E-state index in [1.165, 1.54) is 0 Å². The van der Waals surface area contributed by atoms with Gasteiger partial charge in [0.2, 0.25) is 0 Å². The second-order valence-electron chi connectivity index (χ2n) is 12.3. The van der Waals surface area contributed by atoms with Gasteiger partial charge in [-0.3, -0.25) is 19.2 Å². The third-order valence-electron chi connectivity index (χ3n) is 8.81. The van der Waals surface area contributed by atoms with Gasteiger partial charge in [-0.2, -0.15) is 0 Å². The lowest BCUT2D eigenvalue weighted by Crippen LogP contribution is -2.33. The predicted octanol–water partition coefficient (Wildman–Crippen LogP) is 4.71. The Balaban J connectivity index is 1.00. The Morgan fingerprint density at radius 1 is 0.844 bits per heavy atom. The summed E-state index contributed by atoms with van der Waals surface area (Å²) in [5.41, 5.74) is 9.59. The molecular weight excluding hydrogens is 570 g/mol. The topological polar surface area (TPSA) is 143 Å². The molecule has 0 unspecified atom stereocenters. The van der Waals surface area contributed by atoms with Gasteiger partial charge in [-0.25, -0.2) is 0 Å². The van der Waals surface area contributed by atoms with Crippen LogP contribution in [0.1, 0.15) is 81.6 Å². The molecule has 10 nitrogen and oxygen atoms in total. The number of fused-ring (bicyclic) bond motifs is 1. The Hall–Kier alpha value is -4.70. The van der Waals surface area contributed by atoms with E-state index in [0.717, 1.165) is 50.5 Å². The summed E-state index contributed by atoms with van der Waals surface area (Å²) in [7, 11) is 0. The molecule has 4 amide bonds. The first-order valence-corrected chi connectivity index (χ1v) is 15.7. The normalized spacial score (nSPS) is 19.0. The van der Waals surface area contributed by atoms with Gasteiger partial charge in [-0.15, -0.1) is 0 Å². The quantitative estimate of drug-likeness (QED) is 0.262. The van der Waals surface area contributed by atoms with Gasteiger partial charge in [0.25, 0.3) is 23.6 Å². The number of benzene rings is 3. The number of nitrogens with two attached hydrogens (primary N) is 1. The number of nitrogens with one attached hydrogen (secondary N) is 3. The standard InChI is InChI=1S/C35H39N5O5/c36-27-10-3-22(4-11-27)17-18-37-33(42)24-7-12-28(13-8-24)38-34(43)25-5-1-23(2-6-25)20-40(29-14-15-29)35(44)26-9-16-30-31(19-26)45-21-32(41)39-30/h1-2,5-9,12-13,16,19,22,27,29H,3-4,10-11,14-15,17-18,20-21,36H2,(H,37,42)(H,38,43)(H,39,41). The second-order valence-corrected chi connectivity index (χ2v) is 12.3. The predicted molar refractivity (Wildman–Crippen MR) is 171 cm³/mol. The van der Waals surface area contributed by atoms with Crippen LogP contribution in [0.5, 0.6) is 5.75 Å². The van der Waals surface area contributed by atoms with Gasteiger partial charge >= 0.3 is 0 Å². The fourth-order valence-corrected chi connectivity index (χ4v) is 5.96. The van der Waals surface area contributed by atoms with Crippen molar-refractivity contribution in [1.82, 2.24) is 10.2 Å². The second kappa shape index (κ2) is 13.5. The smallest absolute Gasteiger partial charge is 0.262 e.